The first-order valence-electron chi connectivity index (χ1n) is 7.38. The molecule has 3 N–H and O–H groups in total. The lowest BCUT2D eigenvalue weighted by Crippen LogP contribution is -1.97. The molecule has 0 atom stereocenters. The van der Waals surface area contributed by atoms with Crippen LogP contribution in [0.3, 0.4) is 0 Å². The molecule has 1 aromatic rings. The van der Waals surface area contributed by atoms with Crippen LogP contribution in [0.25, 0.3) is 0 Å². The number of unbranched alkanes of at least 4 members (excludes halogenated alkanes) is 6. The van der Waals surface area contributed by atoms with Gasteiger partial charge in [0.05, 0.1) is 6.61 Å². The van der Waals surface area contributed by atoms with Crippen molar-refractivity contribution in [3.8, 4) is 5.75 Å². The second-order valence-corrected chi connectivity index (χ2v) is 5.04. The number of aliphatic carboxylic acids is 1. The average Bonchev–Trinajstić information content (AvgIpc) is 2.42. The summed E-state index contributed by atoms with van der Waals surface area (Å²) in [4.78, 5) is 10.3. The number of carboxylic acids is 1. The van der Waals surface area contributed by atoms with Gasteiger partial charge < -0.3 is 15.6 Å². The van der Waals surface area contributed by atoms with E-state index in [1.807, 2.05) is 24.3 Å². The Morgan fingerprint density at radius 1 is 0.950 bits per heavy atom. The van der Waals surface area contributed by atoms with Gasteiger partial charge in [-0.15, -0.1) is 0 Å². The first-order chi connectivity index (χ1) is 9.68. The minimum atomic E-state index is -0.690. The number of hydrogen-bond acceptors (Lipinski definition) is 3. The van der Waals surface area contributed by atoms with Gasteiger partial charge in [-0.25, -0.2) is 0 Å². The molecule has 0 amide bonds. The molecule has 4 heteroatoms. The summed E-state index contributed by atoms with van der Waals surface area (Å²) in [5.41, 5.74) is 6.35. The van der Waals surface area contributed by atoms with E-state index < -0.39 is 5.97 Å². The zero-order chi connectivity index (χ0) is 14.6. The summed E-state index contributed by atoms with van der Waals surface area (Å²) >= 11 is 0. The molecular weight excluding hydrogens is 254 g/mol. The van der Waals surface area contributed by atoms with Gasteiger partial charge in [0.25, 0.3) is 0 Å². The summed E-state index contributed by atoms with van der Waals surface area (Å²) in [6.45, 7) is 0.739. The molecule has 0 spiro atoms. The highest BCUT2D eigenvalue weighted by Crippen LogP contribution is 2.14. The summed E-state index contributed by atoms with van der Waals surface area (Å²) in [7, 11) is 0. The third-order valence-corrected chi connectivity index (χ3v) is 3.18. The Bertz CT molecular complexity index is 376. The molecule has 20 heavy (non-hydrogen) atoms. The Hall–Kier alpha value is -1.71. The van der Waals surface area contributed by atoms with E-state index in [-0.39, 0.29) is 0 Å². The first kappa shape index (κ1) is 16.3. The Labute approximate surface area is 120 Å². The van der Waals surface area contributed by atoms with Crippen LogP contribution in [0.4, 0.5) is 5.69 Å². The van der Waals surface area contributed by atoms with Gasteiger partial charge in [-0.3, -0.25) is 4.79 Å². The Kier molecular flexibility index (Phi) is 8.27. The van der Waals surface area contributed by atoms with E-state index in [0.717, 1.165) is 50.1 Å². The molecule has 0 aliphatic rings. The van der Waals surface area contributed by atoms with Crippen LogP contribution in [-0.2, 0) is 4.79 Å². The summed E-state index contributed by atoms with van der Waals surface area (Å²) in [6, 6.07) is 7.45. The van der Waals surface area contributed by atoms with E-state index in [1.54, 1.807) is 0 Å². The van der Waals surface area contributed by atoms with Gasteiger partial charge in [0.1, 0.15) is 5.75 Å². The summed E-state index contributed by atoms with van der Waals surface area (Å²) in [5.74, 6) is 0.178. The predicted octanol–water partition coefficient (Wildman–Crippen LogP) is 3.85. The number of nitrogens with two attached hydrogens (primary N) is 1. The van der Waals surface area contributed by atoms with Crippen LogP contribution >= 0.6 is 0 Å². The fraction of sp³-hybridized carbons (Fsp3) is 0.562. The van der Waals surface area contributed by atoms with Crippen molar-refractivity contribution in [1.29, 1.82) is 0 Å². The number of nitrogen functional groups attached to an aromatic ring is 1. The maximum absolute atomic E-state index is 10.3. The predicted molar refractivity (Wildman–Crippen MR) is 80.9 cm³/mol. The third-order valence-electron chi connectivity index (χ3n) is 3.18. The number of carbonyl (C=O) groups is 1. The minimum Gasteiger partial charge on any atom is -0.494 e. The second-order valence-electron chi connectivity index (χ2n) is 5.04. The van der Waals surface area contributed by atoms with Crippen molar-refractivity contribution in [2.24, 2.45) is 0 Å². The highest BCUT2D eigenvalue weighted by atomic mass is 16.5. The van der Waals surface area contributed by atoms with Gasteiger partial charge in [0.2, 0.25) is 0 Å². The standard InChI is InChI=1S/C16H25NO3/c17-14-9-11-15(12-10-14)20-13-7-5-3-1-2-4-6-8-16(18)19/h9-12H,1-8,13,17H2,(H,18,19). The fourth-order valence-electron chi connectivity index (χ4n) is 2.02. The molecule has 0 saturated heterocycles. The van der Waals surface area contributed by atoms with E-state index >= 15 is 0 Å². The molecule has 0 heterocycles. The van der Waals surface area contributed by atoms with Crippen LogP contribution in [0, 0.1) is 0 Å². The lowest BCUT2D eigenvalue weighted by Gasteiger charge is -2.06. The van der Waals surface area contributed by atoms with E-state index in [4.69, 9.17) is 15.6 Å². The van der Waals surface area contributed by atoms with Crippen LogP contribution in [-0.4, -0.2) is 17.7 Å². The molecule has 0 aliphatic heterocycles. The zero-order valence-corrected chi connectivity index (χ0v) is 12.0. The number of carboxylic acid groups (broad SMARTS) is 1. The molecule has 4 nitrogen and oxygen atoms in total. The van der Waals surface area contributed by atoms with Crippen molar-refractivity contribution in [1.82, 2.24) is 0 Å². The molecule has 0 saturated carbocycles. The smallest absolute Gasteiger partial charge is 0.303 e. The third kappa shape index (κ3) is 8.40. The molecule has 0 unspecified atom stereocenters. The van der Waals surface area contributed by atoms with Crippen molar-refractivity contribution < 1.29 is 14.6 Å². The van der Waals surface area contributed by atoms with Gasteiger partial charge in [0.15, 0.2) is 0 Å². The molecule has 0 bridgehead atoms. The molecule has 112 valence electrons. The minimum absolute atomic E-state index is 0.301. The number of rotatable bonds is 11. The van der Waals surface area contributed by atoms with E-state index in [0.29, 0.717) is 6.42 Å². The van der Waals surface area contributed by atoms with Crippen molar-refractivity contribution in [3.05, 3.63) is 24.3 Å². The topological polar surface area (TPSA) is 72.5 Å². The number of ether oxygens (including phenoxy) is 1. The average molecular weight is 279 g/mol. The van der Waals surface area contributed by atoms with Crippen molar-refractivity contribution in [2.45, 2.75) is 51.4 Å². The van der Waals surface area contributed by atoms with Crippen molar-refractivity contribution in [3.63, 3.8) is 0 Å². The van der Waals surface area contributed by atoms with E-state index in [9.17, 15) is 4.79 Å². The molecule has 1 aromatic carbocycles. The fourth-order valence-corrected chi connectivity index (χ4v) is 2.02. The van der Waals surface area contributed by atoms with Gasteiger partial charge in [-0.05, 0) is 37.1 Å². The van der Waals surface area contributed by atoms with Gasteiger partial charge in [0, 0.05) is 12.1 Å². The van der Waals surface area contributed by atoms with Crippen LogP contribution < -0.4 is 10.5 Å². The SMILES string of the molecule is Nc1ccc(OCCCCCCCCCC(=O)O)cc1. The molecule has 0 radical (unpaired) electrons. The lowest BCUT2D eigenvalue weighted by atomic mass is 10.1. The van der Waals surface area contributed by atoms with Crippen LogP contribution in [0.2, 0.25) is 0 Å². The van der Waals surface area contributed by atoms with Gasteiger partial charge in [-0.2, -0.15) is 0 Å². The van der Waals surface area contributed by atoms with Crippen molar-refractivity contribution in [2.75, 3.05) is 12.3 Å². The van der Waals surface area contributed by atoms with E-state index in [1.165, 1.54) is 12.8 Å². The first-order valence-corrected chi connectivity index (χ1v) is 7.38. The summed E-state index contributed by atoms with van der Waals surface area (Å²) in [5, 5.41) is 8.50. The molecule has 1 rings (SSSR count). The van der Waals surface area contributed by atoms with Gasteiger partial charge >= 0.3 is 5.97 Å². The Balaban J connectivity index is 1.87. The quantitative estimate of drug-likeness (QED) is 0.476. The van der Waals surface area contributed by atoms with Crippen molar-refractivity contribution >= 4 is 11.7 Å². The normalized spacial score (nSPS) is 10.4. The highest BCUT2D eigenvalue weighted by Gasteiger charge is 1.97. The van der Waals surface area contributed by atoms with Crippen LogP contribution in [0.5, 0.6) is 5.75 Å². The van der Waals surface area contributed by atoms with Gasteiger partial charge in [-0.1, -0.05) is 32.1 Å². The number of benzene rings is 1. The zero-order valence-electron chi connectivity index (χ0n) is 12.0. The maximum atomic E-state index is 10.3. The largest absolute Gasteiger partial charge is 0.494 e. The lowest BCUT2D eigenvalue weighted by molar-refractivity contribution is -0.137. The molecule has 0 aromatic heterocycles. The molecule has 0 fully saturated rings. The van der Waals surface area contributed by atoms with Crippen LogP contribution in [0.1, 0.15) is 51.4 Å². The molecular formula is C16H25NO3. The Morgan fingerprint density at radius 3 is 2.10 bits per heavy atom. The van der Waals surface area contributed by atoms with Crippen LogP contribution in [0.15, 0.2) is 24.3 Å². The summed E-state index contributed by atoms with van der Waals surface area (Å²) in [6.07, 6.45) is 7.85. The Morgan fingerprint density at radius 2 is 1.50 bits per heavy atom. The van der Waals surface area contributed by atoms with E-state index in [2.05, 4.69) is 0 Å². The highest BCUT2D eigenvalue weighted by molar-refractivity contribution is 5.66. The molecule has 0 aliphatic carbocycles. The number of anilines is 1. The summed E-state index contributed by atoms with van der Waals surface area (Å²) < 4.78 is 5.61. The number of hydrogen-bond donors (Lipinski definition) is 2. The second kappa shape index (κ2) is 10.1. The maximum Gasteiger partial charge on any atom is 0.303 e. The monoisotopic (exact) mass is 279 g/mol.